The van der Waals surface area contributed by atoms with Crippen molar-refractivity contribution in [3.8, 4) is 0 Å². The number of carboxylic acid groups (broad SMARTS) is 1. The molecule has 0 spiro atoms. The molecule has 2 aromatic heterocycles. The van der Waals surface area contributed by atoms with Gasteiger partial charge >= 0.3 is 5.97 Å². The fourth-order valence-corrected chi connectivity index (χ4v) is 3.01. The minimum atomic E-state index is -0.948. The molecule has 2 aromatic rings. The number of carbonyl (C=O) groups excluding carboxylic acids is 1. The Morgan fingerprint density at radius 2 is 2.13 bits per heavy atom. The fourth-order valence-electron chi connectivity index (χ4n) is 3.01. The number of aryl methyl sites for hydroxylation is 3. The van der Waals surface area contributed by atoms with Gasteiger partial charge in [-0.25, -0.2) is 4.98 Å². The molecule has 1 fully saturated rings. The van der Waals surface area contributed by atoms with E-state index in [0.29, 0.717) is 24.3 Å². The van der Waals surface area contributed by atoms with Crippen LogP contribution in [-0.2, 0) is 11.8 Å². The van der Waals surface area contributed by atoms with Crippen LogP contribution in [0.5, 0.6) is 0 Å². The number of carbonyl (C=O) groups is 2. The zero-order valence-electron chi connectivity index (χ0n) is 13.3. The average Bonchev–Trinajstić information content (AvgIpc) is 2.80. The molecule has 0 bridgehead atoms. The Morgan fingerprint density at radius 3 is 2.83 bits per heavy atom. The second kappa shape index (κ2) is 5.62. The Labute approximate surface area is 133 Å². The molecule has 122 valence electrons. The number of nitrogens with one attached hydrogen (secondary N) is 1. The molecule has 1 amide bonds. The summed E-state index contributed by atoms with van der Waals surface area (Å²) in [6.07, 6.45) is 0. The van der Waals surface area contributed by atoms with Gasteiger partial charge in [0, 0.05) is 32.4 Å². The Hall–Kier alpha value is -2.48. The number of amides is 1. The van der Waals surface area contributed by atoms with Crippen LogP contribution in [0.1, 0.15) is 21.7 Å². The van der Waals surface area contributed by atoms with E-state index in [1.54, 1.807) is 22.7 Å². The van der Waals surface area contributed by atoms with E-state index >= 15 is 0 Å². The molecule has 0 aromatic carbocycles. The first kappa shape index (κ1) is 15.4. The highest BCUT2D eigenvalue weighted by Gasteiger charge is 2.30. The number of piperazine rings is 1. The molecule has 1 unspecified atom stereocenters. The van der Waals surface area contributed by atoms with Crippen molar-refractivity contribution in [2.45, 2.75) is 19.9 Å². The van der Waals surface area contributed by atoms with Crippen LogP contribution < -0.4 is 5.32 Å². The number of pyridine rings is 1. The highest BCUT2D eigenvalue weighted by atomic mass is 16.4. The van der Waals surface area contributed by atoms with Gasteiger partial charge in [-0.1, -0.05) is 0 Å². The normalized spacial score (nSPS) is 18.4. The molecule has 1 aliphatic rings. The second-order valence-corrected chi connectivity index (χ2v) is 5.81. The molecular weight excluding hydrogens is 298 g/mol. The van der Waals surface area contributed by atoms with Crippen LogP contribution in [0.2, 0.25) is 0 Å². The predicted octanol–water partition coefficient (Wildman–Crippen LogP) is 0.0837. The van der Waals surface area contributed by atoms with Crippen molar-refractivity contribution >= 4 is 22.9 Å². The zero-order valence-corrected chi connectivity index (χ0v) is 13.3. The van der Waals surface area contributed by atoms with Gasteiger partial charge in [-0.05, 0) is 19.9 Å². The summed E-state index contributed by atoms with van der Waals surface area (Å²) in [7, 11) is 1.79. The summed E-state index contributed by atoms with van der Waals surface area (Å²) in [5.74, 6) is -1.12. The average molecular weight is 317 g/mol. The van der Waals surface area contributed by atoms with E-state index in [1.165, 1.54) is 0 Å². The lowest BCUT2D eigenvalue weighted by atomic mass is 10.1. The third kappa shape index (κ3) is 2.65. The smallest absolute Gasteiger partial charge is 0.322 e. The summed E-state index contributed by atoms with van der Waals surface area (Å²) in [4.78, 5) is 30.1. The number of carboxylic acids is 1. The molecule has 0 saturated carbocycles. The Morgan fingerprint density at radius 1 is 1.39 bits per heavy atom. The molecule has 23 heavy (non-hydrogen) atoms. The van der Waals surface area contributed by atoms with Gasteiger partial charge in [0.2, 0.25) is 0 Å². The maximum atomic E-state index is 12.9. The van der Waals surface area contributed by atoms with Gasteiger partial charge < -0.3 is 15.3 Å². The third-order valence-corrected chi connectivity index (χ3v) is 4.09. The highest BCUT2D eigenvalue weighted by Crippen LogP contribution is 2.23. The third-order valence-electron chi connectivity index (χ3n) is 4.09. The summed E-state index contributed by atoms with van der Waals surface area (Å²) >= 11 is 0. The summed E-state index contributed by atoms with van der Waals surface area (Å²) in [5.41, 5.74) is 2.66. The summed E-state index contributed by atoms with van der Waals surface area (Å²) in [5, 5.41) is 17.1. The summed E-state index contributed by atoms with van der Waals surface area (Å²) < 4.78 is 1.66. The second-order valence-electron chi connectivity index (χ2n) is 5.81. The standard InChI is InChI=1S/C15H19N5O3/c1-8-6-10(12-9(2)18-19(3)13(12)17-8)14(21)20-5-4-16-11(7-20)15(22)23/h6,11,16H,4-5,7H2,1-3H3,(H,22,23). The van der Waals surface area contributed by atoms with Gasteiger partial charge in [0.05, 0.1) is 16.6 Å². The maximum absolute atomic E-state index is 12.9. The Kier molecular flexibility index (Phi) is 3.77. The molecular formula is C15H19N5O3. The lowest BCUT2D eigenvalue weighted by Gasteiger charge is -2.31. The van der Waals surface area contributed by atoms with Crippen molar-refractivity contribution in [3.63, 3.8) is 0 Å². The number of aromatic nitrogens is 3. The van der Waals surface area contributed by atoms with Crippen LogP contribution in [0.25, 0.3) is 11.0 Å². The molecule has 2 N–H and O–H groups in total. The lowest BCUT2D eigenvalue weighted by molar-refractivity contribution is -0.140. The van der Waals surface area contributed by atoms with Crippen LogP contribution in [0.4, 0.5) is 0 Å². The van der Waals surface area contributed by atoms with Gasteiger partial charge in [0.15, 0.2) is 5.65 Å². The molecule has 3 rings (SSSR count). The Bertz CT molecular complexity index is 798. The molecule has 8 nitrogen and oxygen atoms in total. The van der Waals surface area contributed by atoms with E-state index in [-0.39, 0.29) is 12.5 Å². The maximum Gasteiger partial charge on any atom is 0.322 e. The number of rotatable bonds is 2. The van der Waals surface area contributed by atoms with Crippen LogP contribution >= 0.6 is 0 Å². The van der Waals surface area contributed by atoms with Crippen molar-refractivity contribution in [1.29, 1.82) is 0 Å². The summed E-state index contributed by atoms with van der Waals surface area (Å²) in [6, 6.07) is 1.01. The van der Waals surface area contributed by atoms with Crippen LogP contribution in [0.3, 0.4) is 0 Å². The first-order valence-corrected chi connectivity index (χ1v) is 7.45. The largest absolute Gasteiger partial charge is 0.480 e. The van der Waals surface area contributed by atoms with Gasteiger partial charge in [0.25, 0.3) is 5.91 Å². The first-order chi connectivity index (χ1) is 10.9. The van der Waals surface area contributed by atoms with Crippen molar-refractivity contribution in [2.24, 2.45) is 7.05 Å². The molecule has 0 radical (unpaired) electrons. The van der Waals surface area contributed by atoms with Crippen molar-refractivity contribution < 1.29 is 14.7 Å². The van der Waals surface area contributed by atoms with Crippen LogP contribution in [0.15, 0.2) is 6.07 Å². The zero-order chi connectivity index (χ0) is 16.7. The topological polar surface area (TPSA) is 100 Å². The Balaban J connectivity index is 2.02. The molecule has 1 saturated heterocycles. The quantitative estimate of drug-likeness (QED) is 0.814. The van der Waals surface area contributed by atoms with Gasteiger partial charge in [-0.15, -0.1) is 0 Å². The molecule has 8 heteroatoms. The minimum Gasteiger partial charge on any atom is -0.480 e. The predicted molar refractivity (Wildman–Crippen MR) is 83.3 cm³/mol. The van der Waals surface area contributed by atoms with Gasteiger partial charge in [-0.2, -0.15) is 5.10 Å². The van der Waals surface area contributed by atoms with E-state index in [4.69, 9.17) is 5.11 Å². The first-order valence-electron chi connectivity index (χ1n) is 7.45. The van der Waals surface area contributed by atoms with Crippen molar-refractivity contribution in [1.82, 2.24) is 25.0 Å². The van der Waals surface area contributed by atoms with E-state index < -0.39 is 12.0 Å². The van der Waals surface area contributed by atoms with E-state index in [0.717, 1.165) is 16.8 Å². The SMILES string of the molecule is Cc1cc(C(=O)N2CCNC(C(=O)O)C2)c2c(C)nn(C)c2n1. The van der Waals surface area contributed by atoms with E-state index in [9.17, 15) is 9.59 Å². The minimum absolute atomic E-state index is 0.149. The highest BCUT2D eigenvalue weighted by molar-refractivity contribution is 6.06. The van der Waals surface area contributed by atoms with Crippen molar-refractivity contribution in [3.05, 3.63) is 23.0 Å². The van der Waals surface area contributed by atoms with E-state index in [1.807, 2.05) is 13.8 Å². The fraction of sp³-hybridized carbons (Fsp3) is 0.467. The number of nitrogens with zero attached hydrogens (tertiary/aromatic N) is 4. The van der Waals surface area contributed by atoms with Gasteiger partial charge in [-0.3, -0.25) is 14.3 Å². The molecule has 1 aliphatic heterocycles. The van der Waals surface area contributed by atoms with Crippen LogP contribution in [-0.4, -0.2) is 62.3 Å². The van der Waals surface area contributed by atoms with Crippen LogP contribution in [0, 0.1) is 13.8 Å². The molecule has 3 heterocycles. The number of hydrogen-bond acceptors (Lipinski definition) is 5. The number of aliphatic carboxylic acids is 1. The number of hydrogen-bond donors (Lipinski definition) is 2. The number of fused-ring (bicyclic) bond motifs is 1. The monoisotopic (exact) mass is 317 g/mol. The lowest BCUT2D eigenvalue weighted by Crippen LogP contribution is -2.55. The molecule has 0 aliphatic carbocycles. The van der Waals surface area contributed by atoms with Crippen molar-refractivity contribution in [2.75, 3.05) is 19.6 Å². The molecule has 1 atom stereocenters. The van der Waals surface area contributed by atoms with Gasteiger partial charge in [0.1, 0.15) is 6.04 Å². The van der Waals surface area contributed by atoms with E-state index in [2.05, 4.69) is 15.4 Å². The summed E-state index contributed by atoms with van der Waals surface area (Å²) in [6.45, 7) is 4.76.